The molecule has 2 fully saturated rings. The predicted octanol–water partition coefficient (Wildman–Crippen LogP) is 4.61. The summed E-state index contributed by atoms with van der Waals surface area (Å²) in [6, 6.07) is 11.1. The van der Waals surface area contributed by atoms with E-state index in [2.05, 4.69) is 44.2 Å². The van der Waals surface area contributed by atoms with E-state index in [0.717, 1.165) is 17.4 Å². The zero-order valence-corrected chi connectivity index (χ0v) is 15.0. The maximum absolute atomic E-state index is 11.7. The minimum atomic E-state index is -0.223. The summed E-state index contributed by atoms with van der Waals surface area (Å²) in [6.45, 7) is 4.53. The molecule has 1 amide bonds. The van der Waals surface area contributed by atoms with Crippen LogP contribution in [0.4, 0.5) is 0 Å². The number of rotatable bonds is 2. The highest BCUT2D eigenvalue weighted by molar-refractivity contribution is 5.82. The van der Waals surface area contributed by atoms with Crippen LogP contribution in [0.3, 0.4) is 0 Å². The summed E-state index contributed by atoms with van der Waals surface area (Å²) >= 11 is 0. The van der Waals surface area contributed by atoms with Crippen molar-refractivity contribution in [3.63, 3.8) is 0 Å². The number of hydrogen-bond donors (Lipinski definition) is 1. The first-order valence-corrected chi connectivity index (χ1v) is 9.56. The van der Waals surface area contributed by atoms with Gasteiger partial charge in [-0.25, -0.2) is 0 Å². The van der Waals surface area contributed by atoms with E-state index >= 15 is 0 Å². The topological polar surface area (TPSA) is 43.1 Å². The maximum Gasteiger partial charge on any atom is 0.221 e. The molecule has 128 valence electrons. The van der Waals surface area contributed by atoms with Gasteiger partial charge in [0.15, 0.2) is 0 Å². The Labute approximate surface area is 149 Å². The molecule has 2 bridgehead atoms. The molecule has 0 aliphatic heterocycles. The Morgan fingerprint density at radius 2 is 1.68 bits per heavy atom. The number of hydrogen-bond acceptors (Lipinski definition) is 1. The highest BCUT2D eigenvalue weighted by Crippen LogP contribution is 2.66. The number of amides is 1. The number of nitrogens with two attached hydrogens (primary N) is 1. The minimum absolute atomic E-state index is 0.223. The lowest BCUT2D eigenvalue weighted by atomic mass is 9.63. The molecule has 0 radical (unpaired) electrons. The normalized spacial score (nSPS) is 28.4. The van der Waals surface area contributed by atoms with E-state index in [0.29, 0.717) is 18.3 Å². The zero-order valence-electron chi connectivity index (χ0n) is 15.0. The molecule has 0 aromatic heterocycles. The van der Waals surface area contributed by atoms with Gasteiger partial charge in [-0.1, -0.05) is 30.3 Å². The van der Waals surface area contributed by atoms with E-state index in [4.69, 9.17) is 5.73 Å². The number of carbonyl (C=O) groups excluding carboxylic acids is 1. The van der Waals surface area contributed by atoms with Gasteiger partial charge in [-0.15, -0.1) is 0 Å². The third-order valence-electron chi connectivity index (χ3n) is 7.22. The van der Waals surface area contributed by atoms with Crippen LogP contribution in [0.1, 0.15) is 58.9 Å². The fourth-order valence-corrected chi connectivity index (χ4v) is 6.21. The number of aryl methyl sites for hydroxylation is 1. The van der Waals surface area contributed by atoms with Gasteiger partial charge in [0.2, 0.25) is 5.91 Å². The Kier molecular flexibility index (Phi) is 3.16. The molecule has 2 nitrogen and oxygen atoms in total. The van der Waals surface area contributed by atoms with Crippen molar-refractivity contribution in [2.45, 2.75) is 51.4 Å². The summed E-state index contributed by atoms with van der Waals surface area (Å²) in [4.78, 5) is 11.7. The van der Waals surface area contributed by atoms with Crippen LogP contribution in [0.2, 0.25) is 0 Å². The molecule has 5 rings (SSSR count). The van der Waals surface area contributed by atoms with Crippen LogP contribution in [-0.4, -0.2) is 5.91 Å². The number of benzene rings is 2. The largest absolute Gasteiger partial charge is 0.369 e. The lowest BCUT2D eigenvalue weighted by Crippen LogP contribution is -2.27. The van der Waals surface area contributed by atoms with E-state index in [1.54, 1.807) is 5.56 Å². The number of fused-ring (bicyclic) bond motifs is 10. The molecule has 0 saturated heterocycles. The van der Waals surface area contributed by atoms with E-state index in [-0.39, 0.29) is 5.91 Å². The van der Waals surface area contributed by atoms with Crippen LogP contribution in [0.5, 0.6) is 0 Å². The average molecular weight is 331 g/mol. The van der Waals surface area contributed by atoms with E-state index in [1.807, 2.05) is 0 Å². The van der Waals surface area contributed by atoms with Gasteiger partial charge >= 0.3 is 0 Å². The maximum atomic E-state index is 11.7. The second-order valence-electron chi connectivity index (χ2n) is 8.37. The first-order chi connectivity index (χ1) is 12.1. The van der Waals surface area contributed by atoms with E-state index in [9.17, 15) is 4.79 Å². The van der Waals surface area contributed by atoms with Gasteiger partial charge in [-0.3, -0.25) is 4.79 Å². The molecule has 2 heteroatoms. The highest BCUT2D eigenvalue weighted by Gasteiger charge is 2.52. The predicted molar refractivity (Wildman–Crippen MR) is 101 cm³/mol. The first-order valence-electron chi connectivity index (χ1n) is 9.56. The van der Waals surface area contributed by atoms with E-state index < -0.39 is 0 Å². The quantitative estimate of drug-likeness (QED) is 0.858. The molecule has 25 heavy (non-hydrogen) atoms. The molecule has 0 spiro atoms. The van der Waals surface area contributed by atoms with Crippen molar-refractivity contribution in [3.05, 3.63) is 58.1 Å². The molecule has 3 aliphatic carbocycles. The van der Waals surface area contributed by atoms with Gasteiger partial charge < -0.3 is 5.73 Å². The van der Waals surface area contributed by atoms with Gasteiger partial charge in [0.05, 0.1) is 6.42 Å². The molecule has 4 unspecified atom stereocenters. The Morgan fingerprint density at radius 3 is 2.40 bits per heavy atom. The second kappa shape index (κ2) is 5.20. The monoisotopic (exact) mass is 331 g/mol. The summed E-state index contributed by atoms with van der Waals surface area (Å²) in [5, 5.41) is 0. The smallest absolute Gasteiger partial charge is 0.221 e. The standard InChI is InChI=1S/C23H25NO/c1-12-6-9-18-17-5-3-4-14(11-19(24)25)21(17)23-16-8-7-15(10-16)22(23)20(18)13(12)2/h3-6,9,15-16,22-23H,7-8,10-11H2,1-2H3,(H2,24,25). The molecule has 2 aromatic carbocycles. The van der Waals surface area contributed by atoms with Crippen molar-refractivity contribution in [1.82, 2.24) is 0 Å². The van der Waals surface area contributed by atoms with Crippen molar-refractivity contribution < 1.29 is 4.79 Å². The molecule has 4 atom stereocenters. The van der Waals surface area contributed by atoms with Crippen LogP contribution in [0.15, 0.2) is 30.3 Å². The second-order valence-corrected chi connectivity index (χ2v) is 8.37. The molecular formula is C23H25NO. The van der Waals surface area contributed by atoms with Crippen LogP contribution in [0.25, 0.3) is 11.1 Å². The number of primary amides is 1. The SMILES string of the molecule is Cc1ccc2c(c1C)C1C3CCC(C3)C1c1c(CC(N)=O)cccc1-2. The van der Waals surface area contributed by atoms with Gasteiger partial charge in [-0.2, -0.15) is 0 Å². The van der Waals surface area contributed by atoms with Crippen molar-refractivity contribution in [2.24, 2.45) is 17.6 Å². The summed E-state index contributed by atoms with van der Waals surface area (Å²) in [5.41, 5.74) is 15.4. The summed E-state index contributed by atoms with van der Waals surface area (Å²) < 4.78 is 0. The van der Waals surface area contributed by atoms with Crippen molar-refractivity contribution in [3.8, 4) is 11.1 Å². The van der Waals surface area contributed by atoms with Crippen LogP contribution in [-0.2, 0) is 11.2 Å². The lowest BCUT2D eigenvalue weighted by Gasteiger charge is -2.40. The van der Waals surface area contributed by atoms with Crippen LogP contribution in [0, 0.1) is 25.7 Å². The fourth-order valence-electron chi connectivity index (χ4n) is 6.21. The molecule has 2 N–H and O–H groups in total. The van der Waals surface area contributed by atoms with Gasteiger partial charge in [0.25, 0.3) is 0 Å². The van der Waals surface area contributed by atoms with Crippen LogP contribution < -0.4 is 5.73 Å². The van der Waals surface area contributed by atoms with Crippen molar-refractivity contribution in [2.75, 3.05) is 0 Å². The summed E-state index contributed by atoms with van der Waals surface area (Å²) in [5.74, 6) is 2.58. The molecule has 2 saturated carbocycles. The Balaban J connectivity index is 1.82. The Hall–Kier alpha value is -2.09. The summed E-state index contributed by atoms with van der Waals surface area (Å²) in [7, 11) is 0. The van der Waals surface area contributed by atoms with Gasteiger partial charge in [0, 0.05) is 0 Å². The van der Waals surface area contributed by atoms with E-state index in [1.165, 1.54) is 47.1 Å². The molecular weight excluding hydrogens is 306 g/mol. The van der Waals surface area contributed by atoms with Crippen LogP contribution >= 0.6 is 0 Å². The first kappa shape index (κ1) is 15.2. The van der Waals surface area contributed by atoms with Crippen molar-refractivity contribution >= 4 is 5.91 Å². The molecule has 0 heterocycles. The fraction of sp³-hybridized carbons (Fsp3) is 0.435. The Morgan fingerprint density at radius 1 is 1.00 bits per heavy atom. The number of carbonyl (C=O) groups is 1. The van der Waals surface area contributed by atoms with Crippen molar-refractivity contribution in [1.29, 1.82) is 0 Å². The minimum Gasteiger partial charge on any atom is -0.369 e. The lowest BCUT2D eigenvalue weighted by molar-refractivity contribution is -0.117. The third-order valence-corrected chi connectivity index (χ3v) is 7.22. The molecule has 2 aromatic rings. The van der Waals surface area contributed by atoms with Gasteiger partial charge in [0.1, 0.15) is 0 Å². The highest BCUT2D eigenvalue weighted by atomic mass is 16.1. The van der Waals surface area contributed by atoms with Gasteiger partial charge in [-0.05, 0) is 95.7 Å². The average Bonchev–Trinajstić information content (AvgIpc) is 3.19. The summed E-state index contributed by atoms with van der Waals surface area (Å²) in [6.07, 6.45) is 4.43. The molecule has 3 aliphatic rings. The zero-order chi connectivity index (χ0) is 17.3. The Bertz CT molecular complexity index is 897. The third kappa shape index (κ3) is 2.00.